The van der Waals surface area contributed by atoms with Crippen molar-refractivity contribution in [3.8, 4) is 0 Å². The average Bonchev–Trinajstić information content (AvgIpc) is 3.08. The number of nitrogens with one attached hydrogen (secondary N) is 1. The van der Waals surface area contributed by atoms with Gasteiger partial charge in [-0.15, -0.1) is 0 Å². The van der Waals surface area contributed by atoms with Crippen molar-refractivity contribution in [3.05, 3.63) is 29.0 Å². The second-order valence-electron chi connectivity index (χ2n) is 4.48. The third kappa shape index (κ3) is 3.42. The summed E-state index contributed by atoms with van der Waals surface area (Å²) >= 11 is 9.16. The van der Waals surface area contributed by atoms with Crippen LogP contribution in [-0.2, 0) is 0 Å². The number of aromatic nitrogens is 1. The zero-order chi connectivity index (χ0) is 12.3. The van der Waals surface area contributed by atoms with E-state index < -0.39 is 0 Å². The minimum Gasteiger partial charge on any atom is -0.350 e. The van der Waals surface area contributed by atoms with Crippen LogP contribution in [-0.4, -0.2) is 22.8 Å². The molecule has 1 aliphatic rings. The van der Waals surface area contributed by atoms with Crippen LogP contribution < -0.4 is 5.32 Å². The van der Waals surface area contributed by atoms with Gasteiger partial charge in [0.15, 0.2) is 0 Å². The summed E-state index contributed by atoms with van der Waals surface area (Å²) in [6, 6.07) is 3.32. The molecular weight excluding hydrogens is 304 g/mol. The largest absolute Gasteiger partial charge is 0.350 e. The fraction of sp³-hybridized carbons (Fsp3) is 0.500. The van der Waals surface area contributed by atoms with E-state index in [-0.39, 0.29) is 5.91 Å². The van der Waals surface area contributed by atoms with Gasteiger partial charge < -0.3 is 5.32 Å². The van der Waals surface area contributed by atoms with Crippen molar-refractivity contribution in [2.24, 2.45) is 5.41 Å². The molecule has 1 aromatic heterocycles. The molecule has 5 heteroatoms. The number of carbonyl (C=O) groups excluding carboxylic acids is 1. The summed E-state index contributed by atoms with van der Waals surface area (Å²) in [7, 11) is 0. The smallest absolute Gasteiger partial charge is 0.269 e. The summed E-state index contributed by atoms with van der Waals surface area (Å²) in [6.45, 7) is 0.738. The van der Waals surface area contributed by atoms with E-state index in [2.05, 4.69) is 26.2 Å². The van der Waals surface area contributed by atoms with Gasteiger partial charge in [0.1, 0.15) is 5.69 Å². The average molecular weight is 318 g/mol. The Kier molecular flexibility index (Phi) is 4.05. The predicted molar refractivity (Wildman–Crippen MR) is 71.7 cm³/mol. The highest BCUT2D eigenvalue weighted by atomic mass is 79.9. The first-order valence-corrected chi connectivity index (χ1v) is 7.11. The molecule has 1 N–H and O–H groups in total. The summed E-state index contributed by atoms with van der Waals surface area (Å²) < 4.78 is 0. The molecule has 1 aliphatic carbocycles. The lowest BCUT2D eigenvalue weighted by Crippen LogP contribution is -2.31. The Morgan fingerprint density at radius 2 is 2.29 bits per heavy atom. The van der Waals surface area contributed by atoms with Crippen LogP contribution in [0, 0.1) is 5.41 Å². The number of rotatable bonds is 5. The SMILES string of the molecule is O=C(NCC1(CCBr)CC1)c1ccc(Cl)cn1. The first-order valence-electron chi connectivity index (χ1n) is 5.61. The van der Waals surface area contributed by atoms with E-state index in [0.29, 0.717) is 16.1 Å². The van der Waals surface area contributed by atoms with Crippen LogP contribution in [0.25, 0.3) is 0 Å². The first-order chi connectivity index (χ1) is 8.15. The minimum absolute atomic E-state index is 0.123. The van der Waals surface area contributed by atoms with E-state index in [0.717, 1.165) is 18.3 Å². The normalized spacial score (nSPS) is 16.6. The zero-order valence-corrected chi connectivity index (χ0v) is 11.7. The molecule has 2 rings (SSSR count). The number of alkyl halides is 1. The maximum absolute atomic E-state index is 11.8. The molecule has 17 heavy (non-hydrogen) atoms. The van der Waals surface area contributed by atoms with Crippen LogP contribution in [0.2, 0.25) is 5.02 Å². The van der Waals surface area contributed by atoms with Crippen molar-refractivity contribution in [2.45, 2.75) is 19.3 Å². The Hall–Kier alpha value is -0.610. The minimum atomic E-state index is -0.123. The zero-order valence-electron chi connectivity index (χ0n) is 9.38. The summed E-state index contributed by atoms with van der Waals surface area (Å²) in [5.41, 5.74) is 0.745. The number of hydrogen-bond donors (Lipinski definition) is 1. The molecule has 1 heterocycles. The Bertz CT molecular complexity index is 403. The van der Waals surface area contributed by atoms with Crippen molar-refractivity contribution in [3.63, 3.8) is 0 Å². The molecule has 3 nitrogen and oxygen atoms in total. The Balaban J connectivity index is 1.87. The lowest BCUT2D eigenvalue weighted by Gasteiger charge is -2.14. The quantitative estimate of drug-likeness (QED) is 0.848. The monoisotopic (exact) mass is 316 g/mol. The molecule has 1 fully saturated rings. The van der Waals surface area contributed by atoms with Crippen molar-refractivity contribution < 1.29 is 4.79 Å². The molecule has 1 aromatic rings. The van der Waals surface area contributed by atoms with E-state index in [9.17, 15) is 4.79 Å². The molecule has 0 bridgehead atoms. The van der Waals surface area contributed by atoms with Gasteiger partial charge in [0.2, 0.25) is 0 Å². The number of halogens is 2. The highest BCUT2D eigenvalue weighted by Gasteiger charge is 2.41. The molecule has 0 radical (unpaired) electrons. The van der Waals surface area contributed by atoms with Crippen molar-refractivity contribution in [1.82, 2.24) is 10.3 Å². The van der Waals surface area contributed by atoms with Crippen molar-refractivity contribution >= 4 is 33.4 Å². The fourth-order valence-corrected chi connectivity index (χ4v) is 2.71. The van der Waals surface area contributed by atoms with Gasteiger partial charge >= 0.3 is 0 Å². The predicted octanol–water partition coefficient (Wildman–Crippen LogP) is 3.03. The van der Waals surface area contributed by atoms with Crippen LogP contribution in [0.3, 0.4) is 0 Å². The topological polar surface area (TPSA) is 42.0 Å². The Labute approximate surface area is 114 Å². The van der Waals surface area contributed by atoms with Gasteiger partial charge in [0.25, 0.3) is 5.91 Å². The van der Waals surface area contributed by atoms with Gasteiger partial charge in [0, 0.05) is 18.1 Å². The van der Waals surface area contributed by atoms with Crippen LogP contribution >= 0.6 is 27.5 Å². The molecule has 0 unspecified atom stereocenters. The van der Waals surface area contributed by atoms with E-state index in [1.807, 2.05) is 0 Å². The third-order valence-corrected chi connectivity index (χ3v) is 3.79. The molecule has 92 valence electrons. The molecule has 0 aliphatic heterocycles. The van der Waals surface area contributed by atoms with Gasteiger partial charge in [-0.25, -0.2) is 4.98 Å². The van der Waals surface area contributed by atoms with Crippen LogP contribution in [0.15, 0.2) is 18.3 Å². The van der Waals surface area contributed by atoms with Gasteiger partial charge in [0.05, 0.1) is 5.02 Å². The molecule has 0 spiro atoms. The fourth-order valence-electron chi connectivity index (χ4n) is 1.76. The number of hydrogen-bond acceptors (Lipinski definition) is 2. The number of carbonyl (C=O) groups is 1. The lowest BCUT2D eigenvalue weighted by molar-refractivity contribution is 0.0939. The van der Waals surface area contributed by atoms with Crippen molar-refractivity contribution in [1.29, 1.82) is 0 Å². The van der Waals surface area contributed by atoms with Gasteiger partial charge in [-0.3, -0.25) is 4.79 Å². The van der Waals surface area contributed by atoms with Crippen LogP contribution in [0.5, 0.6) is 0 Å². The highest BCUT2D eigenvalue weighted by Crippen LogP contribution is 2.48. The second-order valence-corrected chi connectivity index (χ2v) is 5.71. The van der Waals surface area contributed by atoms with Crippen LogP contribution in [0.4, 0.5) is 0 Å². The van der Waals surface area contributed by atoms with E-state index in [1.54, 1.807) is 12.1 Å². The maximum Gasteiger partial charge on any atom is 0.269 e. The number of nitrogens with zero attached hydrogens (tertiary/aromatic N) is 1. The summed E-state index contributed by atoms with van der Waals surface area (Å²) in [6.07, 6.45) is 5.00. The van der Waals surface area contributed by atoms with E-state index in [1.165, 1.54) is 19.0 Å². The molecule has 1 amide bonds. The number of pyridine rings is 1. The lowest BCUT2D eigenvalue weighted by atomic mass is 10.0. The van der Waals surface area contributed by atoms with Gasteiger partial charge in [-0.1, -0.05) is 27.5 Å². The first kappa shape index (κ1) is 12.8. The molecule has 1 saturated carbocycles. The highest BCUT2D eigenvalue weighted by molar-refractivity contribution is 9.09. The summed E-state index contributed by atoms with van der Waals surface area (Å²) in [5, 5.41) is 4.47. The number of amides is 1. The van der Waals surface area contributed by atoms with Gasteiger partial charge in [-0.2, -0.15) is 0 Å². The summed E-state index contributed by atoms with van der Waals surface area (Å²) in [5.74, 6) is -0.123. The van der Waals surface area contributed by atoms with Crippen LogP contribution in [0.1, 0.15) is 29.8 Å². The molecule has 0 aromatic carbocycles. The molecule has 0 saturated heterocycles. The van der Waals surface area contributed by atoms with E-state index in [4.69, 9.17) is 11.6 Å². The summed E-state index contributed by atoms with van der Waals surface area (Å²) in [4.78, 5) is 15.8. The molecular formula is C12H14BrClN2O. The van der Waals surface area contributed by atoms with E-state index >= 15 is 0 Å². The Morgan fingerprint density at radius 3 is 2.82 bits per heavy atom. The Morgan fingerprint density at radius 1 is 1.53 bits per heavy atom. The third-order valence-electron chi connectivity index (χ3n) is 3.17. The van der Waals surface area contributed by atoms with Crippen molar-refractivity contribution in [2.75, 3.05) is 11.9 Å². The van der Waals surface area contributed by atoms with Gasteiger partial charge in [-0.05, 0) is 36.8 Å². The second kappa shape index (κ2) is 5.36. The standard InChI is InChI=1S/C12H14BrClN2O/c13-6-5-12(3-4-12)8-16-11(17)10-2-1-9(14)7-15-10/h1-2,7H,3-6,8H2,(H,16,17). The molecule has 0 atom stereocenters. The maximum atomic E-state index is 11.8.